The zero-order chi connectivity index (χ0) is 25.1. The van der Waals surface area contributed by atoms with Crippen molar-refractivity contribution in [3.05, 3.63) is 101 Å². The predicted molar refractivity (Wildman–Crippen MR) is 132 cm³/mol. The number of aromatic nitrogens is 1. The Hall–Kier alpha value is -3.19. The minimum absolute atomic E-state index is 0.000743. The Morgan fingerprint density at radius 2 is 1.61 bits per heavy atom. The van der Waals surface area contributed by atoms with Gasteiger partial charge in [-0.3, -0.25) is 14.7 Å². The smallest absolute Gasteiger partial charge is 0.272 e. The molecule has 1 unspecified atom stereocenters. The standard InChI is InChI=1S/C29H30F3N3O/c30-24-11-12-25(31)28(32)23(24)19-34-16-13-21(14-17-34)27(18-20-6-2-1-3-7-20)35(22-9-10-22)29(36)26-8-4-5-15-33-26/h1-8,11-12,15,21-22,27H,9-10,13-14,16-19H2. The van der Waals surface area contributed by atoms with Crippen LogP contribution in [-0.4, -0.2) is 45.9 Å². The summed E-state index contributed by atoms with van der Waals surface area (Å²) in [6, 6.07) is 17.6. The van der Waals surface area contributed by atoms with Gasteiger partial charge in [0.05, 0.1) is 0 Å². The summed E-state index contributed by atoms with van der Waals surface area (Å²) in [6.45, 7) is 1.29. The topological polar surface area (TPSA) is 36.4 Å². The molecule has 1 aromatic heterocycles. The van der Waals surface area contributed by atoms with Crippen LogP contribution in [0, 0.1) is 23.4 Å². The van der Waals surface area contributed by atoms with E-state index in [9.17, 15) is 18.0 Å². The van der Waals surface area contributed by atoms with Crippen molar-refractivity contribution in [2.75, 3.05) is 13.1 Å². The molecule has 1 saturated heterocycles. The van der Waals surface area contributed by atoms with Crippen molar-refractivity contribution in [3.8, 4) is 0 Å². The van der Waals surface area contributed by atoms with Crippen molar-refractivity contribution in [2.24, 2.45) is 5.92 Å². The minimum Gasteiger partial charge on any atom is -0.331 e. The van der Waals surface area contributed by atoms with E-state index in [1.807, 2.05) is 29.2 Å². The van der Waals surface area contributed by atoms with E-state index in [1.54, 1.807) is 18.3 Å². The fourth-order valence-electron chi connectivity index (χ4n) is 5.34. The molecule has 0 N–H and O–H groups in total. The molecule has 36 heavy (non-hydrogen) atoms. The highest BCUT2D eigenvalue weighted by molar-refractivity contribution is 5.93. The molecule has 188 valence electrons. The predicted octanol–water partition coefficient (Wildman–Crippen LogP) is 5.63. The maximum absolute atomic E-state index is 14.2. The number of pyridine rings is 1. The van der Waals surface area contributed by atoms with Crippen molar-refractivity contribution in [1.82, 2.24) is 14.8 Å². The van der Waals surface area contributed by atoms with Gasteiger partial charge < -0.3 is 4.90 Å². The third kappa shape index (κ3) is 5.46. The number of halogens is 3. The fourth-order valence-corrected chi connectivity index (χ4v) is 5.34. The quantitative estimate of drug-likeness (QED) is 0.382. The van der Waals surface area contributed by atoms with Crippen LogP contribution in [0.1, 0.15) is 47.3 Å². The summed E-state index contributed by atoms with van der Waals surface area (Å²) >= 11 is 0. The summed E-state index contributed by atoms with van der Waals surface area (Å²) in [5.74, 6) is -2.67. The third-order valence-corrected chi connectivity index (χ3v) is 7.40. The zero-order valence-electron chi connectivity index (χ0n) is 20.1. The lowest BCUT2D eigenvalue weighted by molar-refractivity contribution is 0.0475. The number of amides is 1. The average molecular weight is 494 g/mol. The van der Waals surface area contributed by atoms with Crippen LogP contribution in [0.3, 0.4) is 0 Å². The molecule has 2 heterocycles. The second-order valence-electron chi connectivity index (χ2n) is 9.85. The van der Waals surface area contributed by atoms with Crippen LogP contribution in [0.5, 0.6) is 0 Å². The maximum Gasteiger partial charge on any atom is 0.272 e. The summed E-state index contributed by atoms with van der Waals surface area (Å²) in [7, 11) is 0. The van der Waals surface area contributed by atoms with E-state index in [4.69, 9.17) is 0 Å². The Kier molecular flexibility index (Phi) is 7.37. The number of carbonyl (C=O) groups is 1. The molecule has 1 atom stereocenters. The number of hydrogen-bond donors (Lipinski definition) is 0. The Morgan fingerprint density at radius 3 is 2.28 bits per heavy atom. The van der Waals surface area contributed by atoms with E-state index in [-0.39, 0.29) is 36.0 Å². The van der Waals surface area contributed by atoms with Crippen LogP contribution >= 0.6 is 0 Å². The second kappa shape index (κ2) is 10.8. The highest BCUT2D eigenvalue weighted by Gasteiger charge is 2.42. The van der Waals surface area contributed by atoms with Crippen molar-refractivity contribution in [2.45, 2.75) is 50.7 Å². The van der Waals surface area contributed by atoms with Crippen molar-refractivity contribution in [1.29, 1.82) is 0 Å². The molecule has 4 nitrogen and oxygen atoms in total. The molecule has 5 rings (SSSR count). The van der Waals surface area contributed by atoms with Gasteiger partial charge in [-0.05, 0) is 80.9 Å². The number of hydrogen-bond acceptors (Lipinski definition) is 3. The summed E-state index contributed by atoms with van der Waals surface area (Å²) in [5.41, 5.74) is 1.41. The largest absolute Gasteiger partial charge is 0.331 e. The molecular formula is C29H30F3N3O. The van der Waals surface area contributed by atoms with Gasteiger partial charge in [-0.2, -0.15) is 0 Å². The Balaban J connectivity index is 1.35. The molecule has 2 aliphatic rings. The highest BCUT2D eigenvalue weighted by atomic mass is 19.2. The van der Waals surface area contributed by atoms with Crippen molar-refractivity contribution in [3.63, 3.8) is 0 Å². The van der Waals surface area contributed by atoms with Gasteiger partial charge in [0.15, 0.2) is 11.6 Å². The Bertz CT molecular complexity index is 1180. The van der Waals surface area contributed by atoms with Crippen molar-refractivity contribution >= 4 is 5.91 Å². The number of benzene rings is 2. The first-order valence-corrected chi connectivity index (χ1v) is 12.6. The van der Waals surface area contributed by atoms with Crippen LogP contribution in [0.4, 0.5) is 13.2 Å². The minimum atomic E-state index is -1.11. The fraction of sp³-hybridized carbons (Fsp3) is 0.379. The summed E-state index contributed by atoms with van der Waals surface area (Å²) < 4.78 is 42.1. The SMILES string of the molecule is O=C(c1ccccn1)N(C1CC1)C(Cc1ccccc1)C1CCN(Cc2c(F)ccc(F)c2F)CC1. The van der Waals surface area contributed by atoms with Gasteiger partial charge in [-0.1, -0.05) is 36.4 Å². The molecule has 0 radical (unpaired) electrons. The van der Waals surface area contributed by atoms with E-state index in [2.05, 4.69) is 22.0 Å². The third-order valence-electron chi connectivity index (χ3n) is 7.40. The molecule has 1 amide bonds. The Labute approximate surface area is 209 Å². The van der Waals surface area contributed by atoms with Crippen LogP contribution in [-0.2, 0) is 13.0 Å². The average Bonchev–Trinajstić information content (AvgIpc) is 3.75. The molecular weight excluding hydrogens is 463 g/mol. The first kappa shape index (κ1) is 24.5. The number of carbonyl (C=O) groups excluding carboxylic acids is 1. The van der Waals surface area contributed by atoms with Crippen LogP contribution in [0.2, 0.25) is 0 Å². The van der Waals surface area contributed by atoms with Crippen LogP contribution in [0.15, 0.2) is 66.9 Å². The normalized spacial score (nSPS) is 17.6. The first-order chi connectivity index (χ1) is 17.5. The number of piperidine rings is 1. The summed E-state index contributed by atoms with van der Waals surface area (Å²) in [5, 5.41) is 0. The van der Waals surface area contributed by atoms with E-state index in [0.717, 1.165) is 44.2 Å². The molecule has 3 aromatic rings. The van der Waals surface area contributed by atoms with Gasteiger partial charge in [0.25, 0.3) is 5.91 Å². The van der Waals surface area contributed by atoms with E-state index in [0.29, 0.717) is 18.8 Å². The molecule has 2 fully saturated rings. The molecule has 1 aliphatic carbocycles. The van der Waals surface area contributed by atoms with Gasteiger partial charge in [-0.15, -0.1) is 0 Å². The van der Waals surface area contributed by atoms with Gasteiger partial charge >= 0.3 is 0 Å². The summed E-state index contributed by atoms with van der Waals surface area (Å²) in [4.78, 5) is 22.0. The highest BCUT2D eigenvalue weighted by Crippen LogP contribution is 2.36. The summed E-state index contributed by atoms with van der Waals surface area (Å²) in [6.07, 6.45) is 5.94. The zero-order valence-corrected chi connectivity index (χ0v) is 20.1. The van der Waals surface area contributed by atoms with E-state index >= 15 is 0 Å². The maximum atomic E-state index is 14.2. The second-order valence-corrected chi connectivity index (χ2v) is 9.85. The van der Waals surface area contributed by atoms with Gasteiger partial charge in [0.2, 0.25) is 0 Å². The lowest BCUT2D eigenvalue weighted by Gasteiger charge is -2.42. The molecule has 0 spiro atoms. The van der Waals surface area contributed by atoms with E-state index < -0.39 is 17.5 Å². The number of nitrogens with zero attached hydrogens (tertiary/aromatic N) is 3. The molecule has 1 saturated carbocycles. The van der Waals surface area contributed by atoms with Crippen LogP contribution in [0.25, 0.3) is 0 Å². The van der Waals surface area contributed by atoms with Gasteiger partial charge in [-0.25, -0.2) is 13.2 Å². The first-order valence-electron chi connectivity index (χ1n) is 12.6. The molecule has 0 bridgehead atoms. The van der Waals surface area contributed by atoms with E-state index in [1.165, 1.54) is 5.56 Å². The lowest BCUT2D eigenvalue weighted by atomic mass is 9.84. The lowest BCUT2D eigenvalue weighted by Crippen LogP contribution is -2.50. The monoisotopic (exact) mass is 493 g/mol. The number of rotatable bonds is 8. The Morgan fingerprint density at radius 1 is 0.917 bits per heavy atom. The molecule has 7 heteroatoms. The molecule has 2 aromatic carbocycles. The van der Waals surface area contributed by atoms with Gasteiger partial charge in [0.1, 0.15) is 11.5 Å². The number of likely N-dealkylation sites (tertiary alicyclic amines) is 1. The van der Waals surface area contributed by atoms with Crippen LogP contribution < -0.4 is 0 Å². The molecule has 1 aliphatic heterocycles. The van der Waals surface area contributed by atoms with Crippen molar-refractivity contribution < 1.29 is 18.0 Å². The van der Waals surface area contributed by atoms with Gasteiger partial charge in [0, 0.05) is 30.4 Å².